The van der Waals surface area contributed by atoms with Crippen LogP contribution in [0.3, 0.4) is 0 Å². The molecule has 16 heavy (non-hydrogen) atoms. The Bertz CT molecular complexity index is 311. The normalized spacial score (nSPS) is 13.8. The quantitative estimate of drug-likeness (QED) is 0.821. The molecule has 90 valence electrons. The van der Waals surface area contributed by atoms with Gasteiger partial charge >= 0.3 is 0 Å². The molecule has 0 fully saturated rings. The predicted octanol–water partition coefficient (Wildman–Crippen LogP) is 2.76. The third-order valence-corrected chi connectivity index (χ3v) is 2.84. The molecule has 1 rings (SSSR count). The second kappa shape index (κ2) is 5.46. The van der Waals surface area contributed by atoms with E-state index in [0.717, 1.165) is 18.4 Å². The zero-order valence-electron chi connectivity index (χ0n) is 10.5. The van der Waals surface area contributed by atoms with Crippen molar-refractivity contribution < 1.29 is 5.11 Å². The number of hydrogen-bond donors (Lipinski definition) is 2. The van der Waals surface area contributed by atoms with Crippen LogP contribution < -0.4 is 5.73 Å². The Hall–Kier alpha value is -0.860. The maximum Gasteiger partial charge on any atom is 0.0790 e. The molecular weight excluding hydrogens is 198 g/mol. The molecule has 0 aromatic heterocycles. The first-order valence-electron chi connectivity index (χ1n) is 5.93. The van der Waals surface area contributed by atoms with Crippen LogP contribution in [-0.2, 0) is 5.41 Å². The number of hydrogen-bond acceptors (Lipinski definition) is 2. The molecule has 3 N–H and O–H groups in total. The zero-order chi connectivity index (χ0) is 12.2. The Balaban J connectivity index is 2.71. The second-order valence-electron chi connectivity index (χ2n) is 5.32. The summed E-state index contributed by atoms with van der Waals surface area (Å²) < 4.78 is 0. The maximum atomic E-state index is 9.89. The summed E-state index contributed by atoms with van der Waals surface area (Å²) in [6, 6.07) is 8.23. The van der Waals surface area contributed by atoms with Gasteiger partial charge < -0.3 is 10.8 Å². The molecule has 1 unspecified atom stereocenters. The third-order valence-electron chi connectivity index (χ3n) is 2.84. The van der Waals surface area contributed by atoms with Crippen molar-refractivity contribution in [2.45, 2.75) is 45.1 Å². The van der Waals surface area contributed by atoms with Crippen molar-refractivity contribution in [3.05, 3.63) is 35.4 Å². The van der Waals surface area contributed by atoms with Crippen LogP contribution in [0.25, 0.3) is 0 Å². The molecule has 0 saturated carbocycles. The zero-order valence-corrected chi connectivity index (χ0v) is 10.5. The Morgan fingerprint density at radius 3 is 2.19 bits per heavy atom. The van der Waals surface area contributed by atoms with E-state index in [9.17, 15) is 5.11 Å². The molecule has 2 nitrogen and oxygen atoms in total. The number of nitrogens with two attached hydrogens (primary N) is 1. The number of benzene rings is 1. The minimum Gasteiger partial charge on any atom is -0.388 e. The monoisotopic (exact) mass is 221 g/mol. The fraction of sp³-hybridized carbons (Fsp3) is 0.571. The Morgan fingerprint density at radius 2 is 1.75 bits per heavy atom. The van der Waals surface area contributed by atoms with E-state index in [-0.39, 0.29) is 11.5 Å². The van der Waals surface area contributed by atoms with Gasteiger partial charge in [-0.2, -0.15) is 0 Å². The van der Waals surface area contributed by atoms with Gasteiger partial charge in [0.05, 0.1) is 6.10 Å². The first-order chi connectivity index (χ1) is 7.45. The molecule has 1 aromatic rings. The van der Waals surface area contributed by atoms with Gasteiger partial charge in [-0.05, 0) is 35.9 Å². The fourth-order valence-electron chi connectivity index (χ4n) is 1.68. The van der Waals surface area contributed by atoms with Gasteiger partial charge in [0.25, 0.3) is 0 Å². The lowest BCUT2D eigenvalue weighted by Gasteiger charge is -2.20. The van der Waals surface area contributed by atoms with Gasteiger partial charge in [-0.3, -0.25) is 0 Å². The summed E-state index contributed by atoms with van der Waals surface area (Å²) in [7, 11) is 0. The summed E-state index contributed by atoms with van der Waals surface area (Å²) >= 11 is 0. The molecule has 2 heteroatoms. The van der Waals surface area contributed by atoms with Gasteiger partial charge in [-0.25, -0.2) is 0 Å². The highest BCUT2D eigenvalue weighted by Gasteiger charge is 2.14. The average Bonchev–Trinajstić information content (AvgIpc) is 2.25. The van der Waals surface area contributed by atoms with E-state index in [4.69, 9.17) is 5.73 Å². The molecule has 0 bridgehead atoms. The Kier molecular flexibility index (Phi) is 4.51. The standard InChI is InChI=1S/C14H23NO/c1-14(2,3)12-8-6-11(7-9-12)13(16)5-4-10-15/h6-9,13,16H,4-5,10,15H2,1-3H3. The topological polar surface area (TPSA) is 46.2 Å². The summed E-state index contributed by atoms with van der Waals surface area (Å²) in [4.78, 5) is 0. The molecule has 0 aliphatic carbocycles. The molecule has 1 aromatic carbocycles. The predicted molar refractivity (Wildman–Crippen MR) is 68.4 cm³/mol. The SMILES string of the molecule is CC(C)(C)c1ccc(C(O)CCCN)cc1. The van der Waals surface area contributed by atoms with Crippen molar-refractivity contribution in [2.75, 3.05) is 6.54 Å². The molecule has 0 spiro atoms. The molecule has 0 amide bonds. The number of aliphatic hydroxyl groups excluding tert-OH is 1. The van der Waals surface area contributed by atoms with E-state index in [2.05, 4.69) is 32.9 Å². The van der Waals surface area contributed by atoms with Gasteiger partial charge in [0.15, 0.2) is 0 Å². The van der Waals surface area contributed by atoms with Gasteiger partial charge in [-0.1, -0.05) is 45.0 Å². The second-order valence-corrected chi connectivity index (χ2v) is 5.32. The Morgan fingerprint density at radius 1 is 1.19 bits per heavy atom. The largest absolute Gasteiger partial charge is 0.388 e. The van der Waals surface area contributed by atoms with Crippen LogP contribution in [0.4, 0.5) is 0 Å². The van der Waals surface area contributed by atoms with Crippen LogP contribution in [0.5, 0.6) is 0 Å². The van der Waals surface area contributed by atoms with E-state index in [0.29, 0.717) is 6.54 Å². The highest BCUT2D eigenvalue weighted by Crippen LogP contribution is 2.25. The van der Waals surface area contributed by atoms with Gasteiger partial charge in [-0.15, -0.1) is 0 Å². The minimum atomic E-state index is -0.377. The summed E-state index contributed by atoms with van der Waals surface area (Å²) in [6.45, 7) is 7.20. The van der Waals surface area contributed by atoms with E-state index in [1.165, 1.54) is 5.56 Å². The highest BCUT2D eigenvalue weighted by molar-refractivity contribution is 5.28. The average molecular weight is 221 g/mol. The van der Waals surface area contributed by atoms with Crippen LogP contribution in [0.2, 0.25) is 0 Å². The molecular formula is C14H23NO. The van der Waals surface area contributed by atoms with E-state index in [1.54, 1.807) is 0 Å². The molecule has 0 aliphatic heterocycles. The summed E-state index contributed by atoms with van der Waals surface area (Å²) in [5.41, 5.74) is 7.87. The molecule has 0 radical (unpaired) electrons. The maximum absolute atomic E-state index is 9.89. The third kappa shape index (κ3) is 3.62. The van der Waals surface area contributed by atoms with Gasteiger partial charge in [0, 0.05) is 0 Å². The van der Waals surface area contributed by atoms with Crippen LogP contribution >= 0.6 is 0 Å². The van der Waals surface area contributed by atoms with Crippen LogP contribution in [-0.4, -0.2) is 11.7 Å². The van der Waals surface area contributed by atoms with Gasteiger partial charge in [0.2, 0.25) is 0 Å². The van der Waals surface area contributed by atoms with Crippen molar-refractivity contribution >= 4 is 0 Å². The van der Waals surface area contributed by atoms with Crippen molar-refractivity contribution in [2.24, 2.45) is 5.73 Å². The minimum absolute atomic E-state index is 0.167. The van der Waals surface area contributed by atoms with Crippen molar-refractivity contribution in [1.82, 2.24) is 0 Å². The van der Waals surface area contributed by atoms with E-state index in [1.807, 2.05) is 12.1 Å². The summed E-state index contributed by atoms with van der Waals surface area (Å²) in [5.74, 6) is 0. The number of aliphatic hydroxyl groups is 1. The lowest BCUT2D eigenvalue weighted by atomic mass is 9.86. The van der Waals surface area contributed by atoms with Crippen LogP contribution in [0, 0.1) is 0 Å². The number of rotatable bonds is 4. The molecule has 0 saturated heterocycles. The molecule has 0 aliphatic rings. The van der Waals surface area contributed by atoms with Gasteiger partial charge in [0.1, 0.15) is 0 Å². The smallest absolute Gasteiger partial charge is 0.0790 e. The lowest BCUT2D eigenvalue weighted by molar-refractivity contribution is 0.165. The summed E-state index contributed by atoms with van der Waals surface area (Å²) in [6.07, 6.45) is 1.23. The van der Waals surface area contributed by atoms with Crippen LogP contribution in [0.1, 0.15) is 50.8 Å². The molecule has 0 heterocycles. The van der Waals surface area contributed by atoms with E-state index >= 15 is 0 Å². The van der Waals surface area contributed by atoms with Crippen molar-refractivity contribution in [3.8, 4) is 0 Å². The van der Waals surface area contributed by atoms with Crippen molar-refractivity contribution in [1.29, 1.82) is 0 Å². The highest BCUT2D eigenvalue weighted by atomic mass is 16.3. The summed E-state index contributed by atoms with van der Waals surface area (Å²) in [5, 5.41) is 9.89. The first kappa shape index (κ1) is 13.2. The first-order valence-corrected chi connectivity index (χ1v) is 5.93. The lowest BCUT2D eigenvalue weighted by Crippen LogP contribution is -2.11. The molecule has 1 atom stereocenters. The fourth-order valence-corrected chi connectivity index (χ4v) is 1.68. The Labute approximate surface area is 98.5 Å². The van der Waals surface area contributed by atoms with Crippen molar-refractivity contribution in [3.63, 3.8) is 0 Å². The van der Waals surface area contributed by atoms with E-state index < -0.39 is 0 Å². The van der Waals surface area contributed by atoms with Crippen LogP contribution in [0.15, 0.2) is 24.3 Å².